The molecule has 0 unspecified atom stereocenters. The molecule has 14 heteroatoms. The Hall–Kier alpha value is -5.85. The van der Waals surface area contributed by atoms with Gasteiger partial charge in [0, 0.05) is 0 Å². The molecule has 0 amide bonds. The minimum absolute atomic E-state index is 0. The molecular weight excluding hydrogens is 1810 g/mol. The molecular formula is C90H112N6Si6U2. The van der Waals surface area contributed by atoms with Crippen LogP contribution in [0.5, 0.6) is 0 Å². The maximum atomic E-state index is 5.59. The first-order chi connectivity index (χ1) is 47.9. The van der Waals surface area contributed by atoms with Gasteiger partial charge >= 0.3 is 62.2 Å². The number of benzene rings is 10. The maximum Gasteiger partial charge on any atom is 4.00 e. The topological polar surface area (TPSA) is 84.6 Å². The van der Waals surface area contributed by atoms with Crippen molar-refractivity contribution in [1.29, 1.82) is 0 Å². The van der Waals surface area contributed by atoms with Crippen LogP contribution < -0.4 is 0 Å². The number of aryl methyl sites for hydroxylation is 12. The Labute approximate surface area is 683 Å². The Kier molecular flexibility index (Phi) is 29.5. The van der Waals surface area contributed by atoms with Gasteiger partial charge in [-0.25, -0.2) is 0 Å². The molecule has 0 aliphatic heterocycles. The third-order valence-electron chi connectivity index (χ3n) is 19.2. The summed E-state index contributed by atoms with van der Waals surface area (Å²) in [4.78, 5) is 34.3. The third kappa shape index (κ3) is 22.6. The summed E-state index contributed by atoms with van der Waals surface area (Å²) in [6.07, 6.45) is 0. The van der Waals surface area contributed by atoms with Crippen molar-refractivity contribution in [3.05, 3.63) is 373 Å². The molecule has 1 aliphatic carbocycles. The summed E-state index contributed by atoms with van der Waals surface area (Å²) in [5, 5.41) is 0. The van der Waals surface area contributed by atoms with Crippen molar-refractivity contribution in [1.82, 2.24) is 0 Å². The van der Waals surface area contributed by atoms with E-state index in [0.29, 0.717) is 9.58 Å². The molecule has 0 heterocycles. The Bertz CT molecular complexity index is 3640. The van der Waals surface area contributed by atoms with Crippen LogP contribution in [-0.4, -0.2) is 49.4 Å². The molecule has 6 nitrogen and oxygen atoms in total. The van der Waals surface area contributed by atoms with Crippen molar-refractivity contribution in [2.75, 3.05) is 0 Å². The van der Waals surface area contributed by atoms with E-state index in [1.165, 1.54) is 113 Å². The average molecular weight is 1920 g/mol. The van der Waals surface area contributed by atoms with Gasteiger partial charge in [0.05, 0.1) is 0 Å². The van der Waals surface area contributed by atoms with Gasteiger partial charge < -0.3 is 29.9 Å². The molecule has 10 aromatic rings. The molecule has 534 valence electrons. The molecule has 0 N–H and O–H groups in total. The van der Waals surface area contributed by atoms with Crippen molar-refractivity contribution in [2.45, 2.75) is 171 Å². The van der Waals surface area contributed by atoms with Crippen molar-refractivity contribution in [3.8, 4) is 0 Å². The average Bonchev–Trinajstić information content (AvgIpc) is 0.719. The van der Waals surface area contributed by atoms with Crippen LogP contribution in [0, 0.1) is 169 Å². The number of hydrogen-bond donors (Lipinski definition) is 0. The molecule has 11 rings (SSSR count). The largest absolute Gasteiger partial charge is 4.00 e. The van der Waals surface area contributed by atoms with Crippen LogP contribution in [0.25, 0.3) is 29.9 Å². The van der Waals surface area contributed by atoms with Gasteiger partial charge in [0.1, 0.15) is 0 Å². The first-order valence-corrected chi connectivity index (χ1v) is 54.6. The van der Waals surface area contributed by atoms with Gasteiger partial charge in [-0.15, -0.1) is 58.4 Å². The number of hydrogen-bond acceptors (Lipinski definition) is 0. The molecule has 2 radical (unpaired) electrons. The maximum absolute atomic E-state index is 5.59. The third-order valence-corrected chi connectivity index (χ3v) is 58.1. The quantitative estimate of drug-likeness (QED) is 0.0478. The predicted octanol–water partition coefficient (Wildman–Crippen LogP) is 28.5. The van der Waals surface area contributed by atoms with Gasteiger partial charge in [-0.3, -0.25) is 0 Å². The molecule has 0 saturated heterocycles. The molecule has 0 spiro atoms. The van der Waals surface area contributed by atoms with Crippen LogP contribution in [0.2, 0.25) is 88.1 Å². The fourth-order valence-corrected chi connectivity index (χ4v) is 67.0. The van der Waals surface area contributed by atoms with Crippen LogP contribution >= 0.6 is 0 Å². The van der Waals surface area contributed by atoms with Gasteiger partial charge in [0.15, 0.2) is 0 Å². The second kappa shape index (κ2) is 35.9. The van der Waals surface area contributed by atoms with E-state index in [0.717, 1.165) is 34.1 Å². The first kappa shape index (κ1) is 85.4. The van der Waals surface area contributed by atoms with Gasteiger partial charge in [-0.2, -0.15) is 47.2 Å². The van der Waals surface area contributed by atoms with Gasteiger partial charge in [0.2, 0.25) is 0 Å². The van der Waals surface area contributed by atoms with Crippen LogP contribution in [0.4, 0.5) is 34.1 Å². The second-order valence-corrected chi connectivity index (χ2v) is 60.6. The molecule has 1 aliphatic rings. The standard InChI is InChI=1S/2C31H46N3Si3.C28H20.2U/c2*1-22-13-23(2)17-28(16-22)32-35(7,8)31(36(9,10)33-29-18-24(3)14-25(4)19-29)37(11,12)34-30-20-26(5)15-27(6)21-30;1-5-13-21(14-6-1)25-26(22-15-7-2-8-16-22)28(24-19-11-4-12-20-24)27(25)23-17-9-3-10-18-23;;/h2*13-21,31H,1-12H3;1-20H;;/q2*-3;-2;2*+4. The van der Waals surface area contributed by atoms with Gasteiger partial charge in [0.25, 0.3) is 0 Å². The van der Waals surface area contributed by atoms with Crippen molar-refractivity contribution in [3.63, 3.8) is 0 Å². The first-order valence-electron chi connectivity index (χ1n) is 36.5. The molecule has 0 aromatic heterocycles. The summed E-state index contributed by atoms with van der Waals surface area (Å²) >= 11 is 0. The van der Waals surface area contributed by atoms with E-state index in [4.69, 9.17) is 29.9 Å². The summed E-state index contributed by atoms with van der Waals surface area (Å²) in [5.74, 6) is 5.32. The zero-order chi connectivity index (χ0) is 74.3. The Morgan fingerprint density at radius 1 is 0.212 bits per heavy atom. The van der Waals surface area contributed by atoms with E-state index in [1.807, 2.05) is 0 Å². The molecule has 1 fully saturated rings. The smallest absolute Gasteiger partial charge is 0.687 e. The van der Waals surface area contributed by atoms with Gasteiger partial charge in [-0.05, 0) is 83.1 Å². The van der Waals surface area contributed by atoms with E-state index in [-0.39, 0.29) is 62.2 Å². The predicted molar refractivity (Wildman–Crippen MR) is 461 cm³/mol. The van der Waals surface area contributed by atoms with Crippen molar-refractivity contribution >= 4 is 83.5 Å². The fraction of sp³-hybridized carbons (Fsp3) is 0.289. The Balaban J connectivity index is 0.000000218. The molecule has 104 heavy (non-hydrogen) atoms. The van der Waals surface area contributed by atoms with Crippen LogP contribution in [-0.2, 0) is 0 Å². The minimum Gasteiger partial charge on any atom is -0.687 e. The zero-order valence-corrected chi connectivity index (χ0v) is 81.1. The molecule has 1 saturated carbocycles. The number of nitrogens with zero attached hydrogens (tertiary/aromatic N) is 6. The number of rotatable bonds is 22. The molecule has 0 bridgehead atoms. The fourth-order valence-electron chi connectivity index (χ4n) is 17.7. The summed E-state index contributed by atoms with van der Waals surface area (Å²) in [7, 11) is -13.1. The Morgan fingerprint density at radius 2 is 0.356 bits per heavy atom. The van der Waals surface area contributed by atoms with E-state index in [9.17, 15) is 0 Å². The van der Waals surface area contributed by atoms with Gasteiger partial charge in [-0.1, -0.05) is 409 Å². The second-order valence-electron chi connectivity index (χ2n) is 32.5. The SMILES string of the molecule is Cc1cc(C)cc([N-][Si](C)(C)C([Si](C)(C)[N-]c2cc(C)cc(C)c2)[Si](C)(C)[N-]c2cc(C)cc(C)c2)c1.Cc1cc(C)cc([N-][Si](C)(C)C([Si](C)(C)[N-]c2cc(C)cc(C)c2)[Si](C)(C)[N-]c2cc(C)cc(C)c2)c1.[U+4].[U+4].c1ccc([C]2[C-](c3ccccc3)[C](c3ccccc3)[C-]2c2ccccc2)cc1. The zero-order valence-electron chi connectivity index (χ0n) is 66.8. The summed E-state index contributed by atoms with van der Waals surface area (Å²) in [5.41, 5.74) is 27.0. The van der Waals surface area contributed by atoms with E-state index in [2.05, 4.69) is 392 Å². The van der Waals surface area contributed by atoms with Crippen LogP contribution in [0.15, 0.2) is 231 Å². The van der Waals surface area contributed by atoms with E-state index < -0.39 is 49.4 Å². The summed E-state index contributed by atoms with van der Waals surface area (Å²) < 4.78 is 0. The van der Waals surface area contributed by atoms with Crippen LogP contribution in [0.3, 0.4) is 0 Å². The Morgan fingerprint density at radius 3 is 0.510 bits per heavy atom. The van der Waals surface area contributed by atoms with Crippen LogP contribution in [0.1, 0.15) is 89.0 Å². The minimum atomic E-state index is -2.19. The monoisotopic (exact) mass is 1920 g/mol. The van der Waals surface area contributed by atoms with E-state index in [1.54, 1.807) is 0 Å². The summed E-state index contributed by atoms with van der Waals surface area (Å²) in [6, 6.07) is 83.2. The molecule has 10 aromatic carbocycles. The normalized spacial score (nSPS) is 12.9. The van der Waals surface area contributed by atoms with E-state index >= 15 is 0 Å². The molecule has 0 atom stereocenters. The summed E-state index contributed by atoms with van der Waals surface area (Å²) in [6.45, 7) is 55.4. The van der Waals surface area contributed by atoms with Crippen molar-refractivity contribution < 1.29 is 62.2 Å². The van der Waals surface area contributed by atoms with Crippen molar-refractivity contribution in [2.24, 2.45) is 0 Å².